The fourth-order valence-corrected chi connectivity index (χ4v) is 2.64. The van der Waals surface area contributed by atoms with Crippen LogP contribution in [0.5, 0.6) is 5.75 Å². The molecule has 2 rings (SSSR count). The quantitative estimate of drug-likeness (QED) is 0.541. The van der Waals surface area contributed by atoms with Gasteiger partial charge >= 0.3 is 0 Å². The Balaban J connectivity index is 1.93. The number of para-hydroxylation sites is 1. The van der Waals surface area contributed by atoms with Crippen LogP contribution in [0.2, 0.25) is 0 Å². The van der Waals surface area contributed by atoms with Crippen molar-refractivity contribution in [2.75, 3.05) is 32.6 Å². The van der Waals surface area contributed by atoms with Crippen LogP contribution in [0.1, 0.15) is 24.5 Å². The van der Waals surface area contributed by atoms with Gasteiger partial charge in [0.15, 0.2) is 5.96 Å². The molecule has 0 aliphatic rings. The number of amides is 1. The number of hydrogen-bond donors (Lipinski definition) is 2. The number of nitrogens with one attached hydrogen (secondary N) is 2. The van der Waals surface area contributed by atoms with E-state index in [1.54, 1.807) is 19.4 Å². The van der Waals surface area contributed by atoms with E-state index in [2.05, 4.69) is 20.6 Å². The summed E-state index contributed by atoms with van der Waals surface area (Å²) >= 11 is 0. The number of pyridine rings is 1. The second-order valence-electron chi connectivity index (χ2n) is 6.42. The van der Waals surface area contributed by atoms with Crippen molar-refractivity contribution in [2.45, 2.75) is 26.8 Å². The topological polar surface area (TPSA) is 78.8 Å². The Bertz CT molecular complexity index is 790. The highest BCUT2D eigenvalue weighted by molar-refractivity contribution is 5.90. The third kappa shape index (κ3) is 6.57. The minimum atomic E-state index is -0.108. The number of rotatable bonds is 8. The van der Waals surface area contributed by atoms with E-state index in [-0.39, 0.29) is 12.3 Å². The largest absolute Gasteiger partial charge is 0.496 e. The highest BCUT2D eigenvalue weighted by Gasteiger charge is 2.10. The van der Waals surface area contributed by atoms with E-state index in [0.29, 0.717) is 18.9 Å². The van der Waals surface area contributed by atoms with Crippen molar-refractivity contribution < 1.29 is 9.53 Å². The zero-order chi connectivity index (χ0) is 20.4. The van der Waals surface area contributed by atoms with Gasteiger partial charge in [0.1, 0.15) is 11.6 Å². The molecule has 0 radical (unpaired) electrons. The molecule has 1 amide bonds. The first kappa shape index (κ1) is 21.2. The van der Waals surface area contributed by atoms with Crippen molar-refractivity contribution in [1.29, 1.82) is 0 Å². The number of benzene rings is 1. The molecule has 0 saturated heterocycles. The van der Waals surface area contributed by atoms with Gasteiger partial charge in [0, 0.05) is 38.3 Å². The fourth-order valence-electron chi connectivity index (χ4n) is 2.64. The van der Waals surface area contributed by atoms with Gasteiger partial charge in [-0.15, -0.1) is 0 Å². The van der Waals surface area contributed by atoms with Gasteiger partial charge in [-0.1, -0.05) is 24.3 Å². The number of anilines is 1. The number of aryl methyl sites for hydroxylation is 1. The summed E-state index contributed by atoms with van der Waals surface area (Å²) in [6, 6.07) is 11.6. The van der Waals surface area contributed by atoms with Gasteiger partial charge in [0.05, 0.1) is 13.7 Å². The van der Waals surface area contributed by atoms with Crippen LogP contribution < -0.4 is 15.4 Å². The number of carbonyl (C=O) groups excluding carboxylic acids is 1. The highest BCUT2D eigenvalue weighted by atomic mass is 16.5. The smallest absolute Gasteiger partial charge is 0.227 e. The fraction of sp³-hybridized carbons (Fsp3) is 0.381. The number of nitrogens with zero attached hydrogens (tertiary/aromatic N) is 3. The standard InChI is InChI=1S/C21H29N5O2/c1-5-22-21(26(3)15-17-8-6-7-9-18(17)28-4)23-13-12-20(27)25-19-11-10-16(2)14-24-19/h6-11,14H,5,12-13,15H2,1-4H3,(H,22,23)(H,24,25,27). The Morgan fingerprint density at radius 1 is 1.25 bits per heavy atom. The molecule has 0 saturated carbocycles. The van der Waals surface area contributed by atoms with E-state index in [1.165, 1.54) is 0 Å². The Kier molecular flexibility index (Phi) is 8.27. The number of methoxy groups -OCH3 is 1. The normalized spacial score (nSPS) is 11.1. The number of hydrogen-bond acceptors (Lipinski definition) is 4. The molecule has 7 heteroatoms. The van der Waals surface area contributed by atoms with Crippen molar-refractivity contribution >= 4 is 17.7 Å². The molecule has 0 spiro atoms. The van der Waals surface area contributed by atoms with Crippen LogP contribution >= 0.6 is 0 Å². The van der Waals surface area contributed by atoms with E-state index >= 15 is 0 Å². The first-order valence-corrected chi connectivity index (χ1v) is 9.37. The van der Waals surface area contributed by atoms with E-state index < -0.39 is 0 Å². The van der Waals surface area contributed by atoms with Crippen LogP contribution in [0, 0.1) is 6.92 Å². The van der Waals surface area contributed by atoms with Crippen LogP contribution in [0.4, 0.5) is 5.82 Å². The minimum absolute atomic E-state index is 0.108. The summed E-state index contributed by atoms with van der Waals surface area (Å²) in [5, 5.41) is 6.05. The predicted molar refractivity (Wildman–Crippen MR) is 113 cm³/mol. The minimum Gasteiger partial charge on any atom is -0.496 e. The average Bonchev–Trinajstić information content (AvgIpc) is 2.69. The van der Waals surface area contributed by atoms with Crippen LogP contribution in [-0.4, -0.2) is 49.0 Å². The van der Waals surface area contributed by atoms with Gasteiger partial charge in [0.25, 0.3) is 0 Å². The van der Waals surface area contributed by atoms with Gasteiger partial charge in [0.2, 0.25) is 5.91 Å². The number of aliphatic imine (C=N–C) groups is 1. The number of ether oxygens (including phenoxy) is 1. The van der Waals surface area contributed by atoms with Crippen molar-refractivity contribution in [3.8, 4) is 5.75 Å². The number of carbonyl (C=O) groups is 1. The summed E-state index contributed by atoms with van der Waals surface area (Å²) in [4.78, 5) is 22.9. The molecule has 0 unspecified atom stereocenters. The lowest BCUT2D eigenvalue weighted by Gasteiger charge is -2.23. The molecule has 150 valence electrons. The molecular formula is C21H29N5O2. The molecule has 2 N–H and O–H groups in total. The first-order valence-electron chi connectivity index (χ1n) is 9.37. The lowest BCUT2D eigenvalue weighted by molar-refractivity contribution is -0.116. The Hall–Kier alpha value is -3.09. The zero-order valence-electron chi connectivity index (χ0n) is 17.0. The second kappa shape index (κ2) is 10.9. The predicted octanol–water partition coefficient (Wildman–Crippen LogP) is 2.82. The summed E-state index contributed by atoms with van der Waals surface area (Å²) in [6.45, 7) is 5.75. The maximum absolute atomic E-state index is 12.1. The zero-order valence-corrected chi connectivity index (χ0v) is 17.0. The molecule has 1 aromatic carbocycles. The third-order valence-electron chi connectivity index (χ3n) is 4.08. The third-order valence-corrected chi connectivity index (χ3v) is 4.08. The Morgan fingerprint density at radius 2 is 2.04 bits per heavy atom. The van der Waals surface area contributed by atoms with Gasteiger partial charge < -0.3 is 20.3 Å². The summed E-state index contributed by atoms with van der Waals surface area (Å²) in [7, 11) is 3.63. The number of aromatic nitrogens is 1. The van der Waals surface area contributed by atoms with E-state index in [0.717, 1.165) is 29.4 Å². The van der Waals surface area contributed by atoms with Crippen LogP contribution in [0.25, 0.3) is 0 Å². The monoisotopic (exact) mass is 383 g/mol. The van der Waals surface area contributed by atoms with Crippen LogP contribution in [-0.2, 0) is 11.3 Å². The molecule has 0 fully saturated rings. The number of guanidine groups is 1. The molecule has 1 aromatic heterocycles. The molecule has 7 nitrogen and oxygen atoms in total. The summed E-state index contributed by atoms with van der Waals surface area (Å²) in [6.07, 6.45) is 2.01. The lowest BCUT2D eigenvalue weighted by Crippen LogP contribution is -2.38. The maximum Gasteiger partial charge on any atom is 0.227 e. The van der Waals surface area contributed by atoms with Crippen molar-refractivity contribution in [3.05, 3.63) is 53.7 Å². The molecule has 0 atom stereocenters. The second-order valence-corrected chi connectivity index (χ2v) is 6.42. The first-order chi connectivity index (χ1) is 13.5. The van der Waals surface area contributed by atoms with Gasteiger partial charge in [-0.2, -0.15) is 0 Å². The molecular weight excluding hydrogens is 354 g/mol. The highest BCUT2D eigenvalue weighted by Crippen LogP contribution is 2.18. The van der Waals surface area contributed by atoms with E-state index in [9.17, 15) is 4.79 Å². The van der Waals surface area contributed by atoms with Gasteiger partial charge in [-0.3, -0.25) is 9.79 Å². The summed E-state index contributed by atoms with van der Waals surface area (Å²) in [5.41, 5.74) is 2.12. The van der Waals surface area contributed by atoms with Crippen LogP contribution in [0.15, 0.2) is 47.6 Å². The Labute approximate surface area is 166 Å². The van der Waals surface area contributed by atoms with E-state index in [1.807, 2.05) is 56.1 Å². The Morgan fingerprint density at radius 3 is 2.71 bits per heavy atom. The molecule has 28 heavy (non-hydrogen) atoms. The summed E-state index contributed by atoms with van der Waals surface area (Å²) < 4.78 is 5.42. The van der Waals surface area contributed by atoms with E-state index in [4.69, 9.17) is 4.74 Å². The molecule has 2 aromatic rings. The molecule has 0 aliphatic heterocycles. The average molecular weight is 383 g/mol. The SMILES string of the molecule is CCNC(=NCCC(=O)Nc1ccc(C)cn1)N(C)Cc1ccccc1OC. The lowest BCUT2D eigenvalue weighted by atomic mass is 10.2. The molecule has 1 heterocycles. The molecule has 0 aliphatic carbocycles. The van der Waals surface area contributed by atoms with Gasteiger partial charge in [-0.05, 0) is 31.5 Å². The summed E-state index contributed by atoms with van der Waals surface area (Å²) in [5.74, 6) is 2.04. The maximum atomic E-state index is 12.1. The van der Waals surface area contributed by atoms with Crippen LogP contribution in [0.3, 0.4) is 0 Å². The van der Waals surface area contributed by atoms with Crippen molar-refractivity contribution in [1.82, 2.24) is 15.2 Å². The van der Waals surface area contributed by atoms with Crippen molar-refractivity contribution in [3.63, 3.8) is 0 Å². The molecule has 0 bridgehead atoms. The van der Waals surface area contributed by atoms with Crippen molar-refractivity contribution in [2.24, 2.45) is 4.99 Å². The van der Waals surface area contributed by atoms with Gasteiger partial charge in [-0.25, -0.2) is 4.98 Å².